The van der Waals surface area contributed by atoms with Gasteiger partial charge in [-0.1, -0.05) is 0 Å². The van der Waals surface area contributed by atoms with E-state index in [1.165, 1.54) is 6.07 Å². The van der Waals surface area contributed by atoms with Crippen molar-refractivity contribution >= 4 is 11.5 Å². The van der Waals surface area contributed by atoms with Crippen molar-refractivity contribution < 1.29 is 4.92 Å². The first-order chi connectivity index (χ1) is 9.40. The van der Waals surface area contributed by atoms with E-state index in [1.54, 1.807) is 13.0 Å². The summed E-state index contributed by atoms with van der Waals surface area (Å²) in [7, 11) is 1.90. The van der Waals surface area contributed by atoms with Gasteiger partial charge in [0.05, 0.1) is 10.6 Å². The highest BCUT2D eigenvalue weighted by molar-refractivity contribution is 5.45. The Kier molecular flexibility index (Phi) is 3.69. The molecule has 0 bridgehead atoms. The zero-order valence-electron chi connectivity index (χ0n) is 12.0. The number of nitrogens with one attached hydrogen (secondary N) is 1. The average molecular weight is 275 g/mol. The van der Waals surface area contributed by atoms with Gasteiger partial charge in [-0.05, 0) is 26.8 Å². The van der Waals surface area contributed by atoms with Crippen LogP contribution in [-0.2, 0) is 13.6 Å². The summed E-state index contributed by atoms with van der Waals surface area (Å²) in [6.45, 7) is 6.18. The van der Waals surface area contributed by atoms with Gasteiger partial charge in [-0.2, -0.15) is 5.10 Å². The normalized spacial score (nSPS) is 10.6. The van der Waals surface area contributed by atoms with E-state index in [0.29, 0.717) is 18.1 Å². The molecule has 2 aromatic rings. The molecule has 0 unspecified atom stereocenters. The standard InChI is InChI=1S/C13H17N5O2/c1-8-11(10(3)17(4)16-8)7-14-13-6-5-12(18(19)20)9(2)15-13/h5-6H,7H2,1-4H3,(H,14,15). The lowest BCUT2D eigenvalue weighted by atomic mass is 10.2. The molecule has 0 amide bonds. The Bertz CT molecular complexity index is 663. The molecule has 7 nitrogen and oxygen atoms in total. The quantitative estimate of drug-likeness (QED) is 0.683. The molecule has 0 fully saturated rings. The van der Waals surface area contributed by atoms with Crippen molar-refractivity contribution in [2.75, 3.05) is 5.32 Å². The molecule has 0 aliphatic heterocycles. The first kappa shape index (κ1) is 14.0. The zero-order chi connectivity index (χ0) is 14.9. The van der Waals surface area contributed by atoms with Crippen LogP contribution in [0.3, 0.4) is 0 Å². The summed E-state index contributed by atoms with van der Waals surface area (Å²) >= 11 is 0. The minimum atomic E-state index is -0.429. The van der Waals surface area contributed by atoms with Crippen LogP contribution < -0.4 is 5.32 Å². The molecule has 0 spiro atoms. The Morgan fingerprint density at radius 2 is 2.00 bits per heavy atom. The minimum Gasteiger partial charge on any atom is -0.366 e. The van der Waals surface area contributed by atoms with E-state index < -0.39 is 4.92 Å². The molecule has 0 aliphatic carbocycles. The Hall–Kier alpha value is -2.44. The van der Waals surface area contributed by atoms with Crippen LogP contribution in [0.25, 0.3) is 0 Å². The molecule has 2 heterocycles. The number of nitro groups is 1. The van der Waals surface area contributed by atoms with Gasteiger partial charge in [0.25, 0.3) is 5.69 Å². The van der Waals surface area contributed by atoms with Gasteiger partial charge in [-0.25, -0.2) is 4.98 Å². The van der Waals surface area contributed by atoms with Crippen LogP contribution in [0.2, 0.25) is 0 Å². The lowest BCUT2D eigenvalue weighted by molar-refractivity contribution is -0.385. The zero-order valence-corrected chi connectivity index (χ0v) is 12.0. The van der Waals surface area contributed by atoms with Crippen LogP contribution in [0.5, 0.6) is 0 Å². The molecule has 0 atom stereocenters. The molecule has 0 aliphatic rings. The van der Waals surface area contributed by atoms with Crippen LogP contribution in [-0.4, -0.2) is 19.7 Å². The largest absolute Gasteiger partial charge is 0.366 e. The second kappa shape index (κ2) is 5.28. The molecular weight excluding hydrogens is 258 g/mol. The maximum atomic E-state index is 10.7. The fourth-order valence-corrected chi connectivity index (χ4v) is 2.10. The van der Waals surface area contributed by atoms with Gasteiger partial charge in [0, 0.05) is 30.9 Å². The minimum absolute atomic E-state index is 0.0317. The Balaban J connectivity index is 2.15. The van der Waals surface area contributed by atoms with Crippen molar-refractivity contribution in [3.63, 3.8) is 0 Å². The van der Waals surface area contributed by atoms with Gasteiger partial charge < -0.3 is 5.32 Å². The summed E-state index contributed by atoms with van der Waals surface area (Å²) < 4.78 is 1.83. The second-order valence-corrected chi connectivity index (χ2v) is 4.68. The number of rotatable bonds is 4. The highest BCUT2D eigenvalue weighted by Gasteiger charge is 2.13. The third kappa shape index (κ3) is 2.61. The number of hydrogen-bond acceptors (Lipinski definition) is 5. The number of aromatic nitrogens is 3. The van der Waals surface area contributed by atoms with E-state index in [0.717, 1.165) is 17.0 Å². The third-order valence-electron chi connectivity index (χ3n) is 3.36. The molecule has 2 aromatic heterocycles. The Morgan fingerprint density at radius 1 is 1.30 bits per heavy atom. The van der Waals surface area contributed by atoms with E-state index in [9.17, 15) is 10.1 Å². The fraction of sp³-hybridized carbons (Fsp3) is 0.385. The summed E-state index contributed by atoms with van der Waals surface area (Å²) in [6.07, 6.45) is 0. The highest BCUT2D eigenvalue weighted by Crippen LogP contribution is 2.19. The second-order valence-electron chi connectivity index (χ2n) is 4.68. The number of anilines is 1. The van der Waals surface area contributed by atoms with Crippen LogP contribution >= 0.6 is 0 Å². The smallest absolute Gasteiger partial charge is 0.290 e. The number of pyridine rings is 1. The van der Waals surface area contributed by atoms with E-state index in [4.69, 9.17) is 0 Å². The monoisotopic (exact) mass is 275 g/mol. The fourth-order valence-electron chi connectivity index (χ4n) is 2.10. The molecule has 0 saturated carbocycles. The molecule has 2 rings (SSSR count). The van der Waals surface area contributed by atoms with Crippen molar-refractivity contribution in [3.8, 4) is 0 Å². The topological polar surface area (TPSA) is 85.9 Å². The molecule has 1 N–H and O–H groups in total. The van der Waals surface area contributed by atoms with Crippen LogP contribution in [0.15, 0.2) is 12.1 Å². The molecule has 0 aromatic carbocycles. The molecule has 0 saturated heterocycles. The first-order valence-electron chi connectivity index (χ1n) is 6.25. The van der Waals surface area contributed by atoms with Gasteiger partial charge in [-0.3, -0.25) is 14.8 Å². The number of nitrogens with zero attached hydrogens (tertiary/aromatic N) is 4. The van der Waals surface area contributed by atoms with Crippen molar-refractivity contribution in [1.82, 2.24) is 14.8 Å². The average Bonchev–Trinajstić information content (AvgIpc) is 2.61. The van der Waals surface area contributed by atoms with Gasteiger partial charge in [0.2, 0.25) is 0 Å². The summed E-state index contributed by atoms with van der Waals surface area (Å²) in [5.41, 5.74) is 3.61. The predicted octanol–water partition coefficient (Wildman–Crippen LogP) is 2.26. The summed E-state index contributed by atoms with van der Waals surface area (Å²) in [5, 5.41) is 18.3. The number of aryl methyl sites for hydroxylation is 3. The van der Waals surface area contributed by atoms with E-state index in [1.807, 2.05) is 25.6 Å². The molecule has 106 valence electrons. The van der Waals surface area contributed by atoms with Crippen LogP contribution in [0.4, 0.5) is 11.5 Å². The lowest BCUT2D eigenvalue weighted by Gasteiger charge is -2.07. The predicted molar refractivity (Wildman–Crippen MR) is 75.6 cm³/mol. The van der Waals surface area contributed by atoms with E-state index in [-0.39, 0.29) is 5.69 Å². The molecular formula is C13H17N5O2. The summed E-state index contributed by atoms with van der Waals surface area (Å²) in [4.78, 5) is 14.5. The van der Waals surface area contributed by atoms with Crippen molar-refractivity contribution in [2.45, 2.75) is 27.3 Å². The van der Waals surface area contributed by atoms with Gasteiger partial charge in [0.1, 0.15) is 11.5 Å². The maximum Gasteiger partial charge on any atom is 0.290 e. The Labute approximate surface area is 116 Å². The first-order valence-corrected chi connectivity index (χ1v) is 6.25. The maximum absolute atomic E-state index is 10.7. The van der Waals surface area contributed by atoms with E-state index >= 15 is 0 Å². The lowest BCUT2D eigenvalue weighted by Crippen LogP contribution is -2.05. The SMILES string of the molecule is Cc1nc(NCc2c(C)nn(C)c2C)ccc1[N+](=O)[O-]. The molecule has 0 radical (unpaired) electrons. The van der Waals surface area contributed by atoms with Gasteiger partial charge in [-0.15, -0.1) is 0 Å². The van der Waals surface area contributed by atoms with Crippen molar-refractivity contribution in [3.05, 3.63) is 44.9 Å². The van der Waals surface area contributed by atoms with Gasteiger partial charge >= 0.3 is 0 Å². The third-order valence-corrected chi connectivity index (χ3v) is 3.36. The van der Waals surface area contributed by atoms with E-state index in [2.05, 4.69) is 15.4 Å². The molecule has 7 heteroatoms. The summed E-state index contributed by atoms with van der Waals surface area (Å²) in [5.74, 6) is 0.621. The Morgan fingerprint density at radius 3 is 2.50 bits per heavy atom. The van der Waals surface area contributed by atoms with Crippen molar-refractivity contribution in [1.29, 1.82) is 0 Å². The molecule has 20 heavy (non-hydrogen) atoms. The highest BCUT2D eigenvalue weighted by atomic mass is 16.6. The van der Waals surface area contributed by atoms with Crippen LogP contribution in [0, 0.1) is 30.9 Å². The number of hydrogen-bond donors (Lipinski definition) is 1. The summed E-state index contributed by atoms with van der Waals surface area (Å²) in [6, 6.07) is 3.08. The van der Waals surface area contributed by atoms with Crippen molar-refractivity contribution in [2.24, 2.45) is 7.05 Å². The van der Waals surface area contributed by atoms with Crippen LogP contribution in [0.1, 0.15) is 22.6 Å². The van der Waals surface area contributed by atoms with Gasteiger partial charge in [0.15, 0.2) is 0 Å².